The second kappa shape index (κ2) is 9.88. The van der Waals surface area contributed by atoms with E-state index in [1.807, 2.05) is 24.3 Å². The van der Waals surface area contributed by atoms with Gasteiger partial charge in [0.2, 0.25) is 5.91 Å². The largest absolute Gasteiger partial charge is 0.355 e. The molecule has 2 aromatic rings. The Bertz CT molecular complexity index is 739. The van der Waals surface area contributed by atoms with Crippen LogP contribution < -0.4 is 5.32 Å². The fourth-order valence-corrected chi connectivity index (χ4v) is 3.57. The van der Waals surface area contributed by atoms with Crippen molar-refractivity contribution in [2.75, 3.05) is 39.3 Å². The van der Waals surface area contributed by atoms with Crippen molar-refractivity contribution in [1.82, 2.24) is 15.1 Å². The number of nitrogens with one attached hydrogen (secondary N) is 1. The van der Waals surface area contributed by atoms with Crippen molar-refractivity contribution in [2.45, 2.75) is 19.9 Å². The zero-order valence-corrected chi connectivity index (χ0v) is 16.7. The lowest BCUT2D eigenvalue weighted by molar-refractivity contribution is -0.122. The second-order valence-electron chi connectivity index (χ2n) is 7.21. The van der Waals surface area contributed by atoms with Crippen molar-refractivity contribution < 1.29 is 4.79 Å². The van der Waals surface area contributed by atoms with E-state index in [9.17, 15) is 4.79 Å². The number of carbonyl (C=O) groups is 1. The van der Waals surface area contributed by atoms with Gasteiger partial charge in [0.15, 0.2) is 0 Å². The third-order valence-electron chi connectivity index (χ3n) is 5.13. The van der Waals surface area contributed by atoms with Crippen LogP contribution in [0, 0.1) is 6.92 Å². The van der Waals surface area contributed by atoms with E-state index in [-0.39, 0.29) is 5.91 Å². The molecule has 1 aliphatic rings. The van der Waals surface area contributed by atoms with Gasteiger partial charge in [-0.3, -0.25) is 14.6 Å². The van der Waals surface area contributed by atoms with Gasteiger partial charge in [-0.1, -0.05) is 48.0 Å². The van der Waals surface area contributed by atoms with Crippen LogP contribution in [0.15, 0.2) is 48.5 Å². The summed E-state index contributed by atoms with van der Waals surface area (Å²) < 4.78 is 0. The summed E-state index contributed by atoms with van der Waals surface area (Å²) in [7, 11) is 0. The molecule has 1 aliphatic heterocycles. The zero-order valence-electron chi connectivity index (χ0n) is 16.0. The number of nitrogens with zero attached hydrogens (tertiary/aromatic N) is 2. The molecule has 0 aromatic heterocycles. The summed E-state index contributed by atoms with van der Waals surface area (Å²) in [5, 5.41) is 3.83. The molecule has 0 spiro atoms. The lowest BCUT2D eigenvalue weighted by Crippen LogP contribution is -2.49. The number of aryl methyl sites for hydroxylation is 1. The molecular formula is C22H28ClN3O. The van der Waals surface area contributed by atoms with Crippen molar-refractivity contribution in [3.8, 4) is 0 Å². The minimum Gasteiger partial charge on any atom is -0.355 e. The first-order chi connectivity index (χ1) is 13.1. The first kappa shape index (κ1) is 19.9. The van der Waals surface area contributed by atoms with Gasteiger partial charge in [0.05, 0.1) is 6.54 Å². The minimum absolute atomic E-state index is 0.120. The summed E-state index contributed by atoms with van der Waals surface area (Å²) in [6.07, 6.45) is 0.882. The molecule has 144 valence electrons. The van der Waals surface area contributed by atoms with Crippen LogP contribution in [-0.4, -0.2) is 55.0 Å². The average Bonchev–Trinajstić information content (AvgIpc) is 2.67. The van der Waals surface area contributed by atoms with Crippen molar-refractivity contribution in [3.05, 3.63) is 70.2 Å². The van der Waals surface area contributed by atoms with Crippen LogP contribution in [0.1, 0.15) is 16.7 Å². The van der Waals surface area contributed by atoms with Crippen LogP contribution in [0.2, 0.25) is 5.02 Å². The van der Waals surface area contributed by atoms with E-state index in [4.69, 9.17) is 11.6 Å². The minimum atomic E-state index is 0.120. The van der Waals surface area contributed by atoms with E-state index in [0.717, 1.165) is 44.2 Å². The quantitative estimate of drug-likeness (QED) is 0.795. The van der Waals surface area contributed by atoms with Crippen molar-refractivity contribution >= 4 is 17.5 Å². The van der Waals surface area contributed by atoms with Gasteiger partial charge in [0.1, 0.15) is 0 Å². The number of hydrogen-bond acceptors (Lipinski definition) is 3. The Morgan fingerprint density at radius 3 is 2.37 bits per heavy atom. The van der Waals surface area contributed by atoms with E-state index in [1.165, 1.54) is 16.7 Å². The average molecular weight is 386 g/mol. The normalized spacial score (nSPS) is 15.6. The van der Waals surface area contributed by atoms with Gasteiger partial charge < -0.3 is 5.32 Å². The molecule has 0 aliphatic carbocycles. The van der Waals surface area contributed by atoms with Crippen LogP contribution >= 0.6 is 11.6 Å². The van der Waals surface area contributed by atoms with Gasteiger partial charge in [0, 0.05) is 44.3 Å². The summed E-state index contributed by atoms with van der Waals surface area (Å²) in [5.41, 5.74) is 3.86. The van der Waals surface area contributed by atoms with Gasteiger partial charge in [-0.05, 0) is 42.2 Å². The van der Waals surface area contributed by atoms with E-state index in [1.54, 1.807) is 0 Å². The van der Waals surface area contributed by atoms with Gasteiger partial charge in [-0.15, -0.1) is 0 Å². The van der Waals surface area contributed by atoms with Crippen LogP contribution in [0.5, 0.6) is 0 Å². The molecule has 1 heterocycles. The highest BCUT2D eigenvalue weighted by Crippen LogP contribution is 2.13. The molecule has 1 amide bonds. The molecule has 27 heavy (non-hydrogen) atoms. The predicted octanol–water partition coefficient (Wildman–Crippen LogP) is 3.12. The third-order valence-corrected chi connectivity index (χ3v) is 5.38. The Morgan fingerprint density at radius 1 is 1.00 bits per heavy atom. The monoisotopic (exact) mass is 385 g/mol. The number of hydrogen-bond donors (Lipinski definition) is 1. The number of halogens is 1. The number of benzene rings is 2. The van der Waals surface area contributed by atoms with Crippen LogP contribution in [0.25, 0.3) is 0 Å². The van der Waals surface area contributed by atoms with E-state index in [0.29, 0.717) is 13.1 Å². The van der Waals surface area contributed by atoms with Crippen LogP contribution in [0.3, 0.4) is 0 Å². The summed E-state index contributed by atoms with van der Waals surface area (Å²) in [6.45, 7) is 8.06. The van der Waals surface area contributed by atoms with Crippen molar-refractivity contribution in [1.29, 1.82) is 0 Å². The number of amides is 1. The lowest BCUT2D eigenvalue weighted by atomic mass is 10.1. The highest BCUT2D eigenvalue weighted by molar-refractivity contribution is 6.30. The van der Waals surface area contributed by atoms with E-state index in [2.05, 4.69) is 46.3 Å². The predicted molar refractivity (Wildman–Crippen MR) is 111 cm³/mol. The van der Waals surface area contributed by atoms with E-state index < -0.39 is 0 Å². The first-order valence-electron chi connectivity index (χ1n) is 9.60. The smallest absolute Gasteiger partial charge is 0.234 e. The molecule has 0 unspecified atom stereocenters. The molecule has 0 radical (unpaired) electrons. The van der Waals surface area contributed by atoms with Crippen molar-refractivity contribution in [3.63, 3.8) is 0 Å². The molecule has 1 saturated heterocycles. The number of rotatable bonds is 7. The Labute approximate surface area is 167 Å². The maximum Gasteiger partial charge on any atom is 0.234 e. The molecule has 0 saturated carbocycles. The molecule has 4 nitrogen and oxygen atoms in total. The summed E-state index contributed by atoms with van der Waals surface area (Å²) in [6, 6.07) is 16.4. The number of carbonyl (C=O) groups excluding carboxylic acids is 1. The Morgan fingerprint density at radius 2 is 1.67 bits per heavy atom. The number of piperazine rings is 1. The Kier molecular flexibility index (Phi) is 7.27. The SMILES string of the molecule is Cc1ccccc1CCNC(=O)CN1CCN(Cc2ccc(Cl)cc2)CC1. The summed E-state index contributed by atoms with van der Waals surface area (Å²) >= 11 is 5.94. The fourth-order valence-electron chi connectivity index (χ4n) is 3.44. The van der Waals surface area contributed by atoms with Gasteiger partial charge in [-0.2, -0.15) is 0 Å². The highest BCUT2D eigenvalue weighted by Gasteiger charge is 2.18. The van der Waals surface area contributed by atoms with E-state index >= 15 is 0 Å². The van der Waals surface area contributed by atoms with Gasteiger partial charge in [0.25, 0.3) is 0 Å². The van der Waals surface area contributed by atoms with Crippen LogP contribution in [0.4, 0.5) is 0 Å². The lowest BCUT2D eigenvalue weighted by Gasteiger charge is -2.34. The Balaban J connectivity index is 1.34. The molecular weight excluding hydrogens is 358 g/mol. The molecule has 5 heteroatoms. The topological polar surface area (TPSA) is 35.6 Å². The van der Waals surface area contributed by atoms with Gasteiger partial charge >= 0.3 is 0 Å². The highest BCUT2D eigenvalue weighted by atomic mass is 35.5. The summed E-state index contributed by atoms with van der Waals surface area (Å²) in [5.74, 6) is 0.120. The fraction of sp³-hybridized carbons (Fsp3) is 0.409. The van der Waals surface area contributed by atoms with Crippen LogP contribution in [-0.2, 0) is 17.8 Å². The Hall–Kier alpha value is -1.88. The second-order valence-corrected chi connectivity index (χ2v) is 7.64. The molecule has 3 rings (SSSR count). The first-order valence-corrected chi connectivity index (χ1v) is 9.98. The standard InChI is InChI=1S/C22H28ClN3O/c1-18-4-2-3-5-20(18)10-11-24-22(27)17-26-14-12-25(13-15-26)16-19-6-8-21(23)9-7-19/h2-9H,10-17H2,1H3,(H,24,27). The molecule has 1 N–H and O–H groups in total. The molecule has 2 aromatic carbocycles. The molecule has 0 atom stereocenters. The maximum atomic E-state index is 12.2. The maximum absolute atomic E-state index is 12.2. The van der Waals surface area contributed by atoms with Gasteiger partial charge in [-0.25, -0.2) is 0 Å². The molecule has 0 bridgehead atoms. The van der Waals surface area contributed by atoms with Crippen molar-refractivity contribution in [2.24, 2.45) is 0 Å². The zero-order chi connectivity index (χ0) is 19.1. The molecule has 1 fully saturated rings. The third kappa shape index (κ3) is 6.35. The summed E-state index contributed by atoms with van der Waals surface area (Å²) in [4.78, 5) is 16.9.